The Hall–Kier alpha value is -2.51. The van der Waals surface area contributed by atoms with Gasteiger partial charge in [-0.3, -0.25) is 19.8 Å². The monoisotopic (exact) mass is 370 g/mol. The molecule has 1 amide bonds. The molecule has 1 heterocycles. The largest absolute Gasteiger partial charge is 0.270 e. The quantitative estimate of drug-likeness (QED) is 0.341. The number of nitrogens with zero attached hydrogens (tertiary/aromatic N) is 2. The number of non-ortho nitro benzene ring substituents is 1. The van der Waals surface area contributed by atoms with Gasteiger partial charge in [0, 0.05) is 12.1 Å². The van der Waals surface area contributed by atoms with Crippen LogP contribution in [0.2, 0.25) is 0 Å². The third kappa shape index (κ3) is 3.47. The Bertz CT molecular complexity index is 920. The first-order chi connectivity index (χ1) is 11.9. The maximum absolute atomic E-state index is 12.8. The molecule has 5 nitrogen and oxygen atoms in total. The van der Waals surface area contributed by atoms with Crippen molar-refractivity contribution in [2.24, 2.45) is 0 Å². The van der Waals surface area contributed by atoms with E-state index in [0.717, 1.165) is 16.8 Å². The Kier molecular flexibility index (Phi) is 4.69. The fourth-order valence-corrected chi connectivity index (χ4v) is 3.86. The number of carbonyl (C=O) groups is 1. The summed E-state index contributed by atoms with van der Waals surface area (Å²) < 4.78 is 0.477. The number of nitro groups is 1. The predicted molar refractivity (Wildman–Crippen MR) is 105 cm³/mol. The summed E-state index contributed by atoms with van der Waals surface area (Å²) in [4.78, 5) is 25.1. The second-order valence-corrected chi connectivity index (χ2v) is 7.33. The molecule has 0 N–H and O–H groups in total. The topological polar surface area (TPSA) is 63.5 Å². The van der Waals surface area contributed by atoms with Crippen LogP contribution in [0.5, 0.6) is 0 Å². The molecule has 1 saturated heterocycles. The fourth-order valence-electron chi connectivity index (χ4n) is 2.58. The Morgan fingerprint density at radius 2 is 1.84 bits per heavy atom. The first kappa shape index (κ1) is 17.3. The molecule has 25 heavy (non-hydrogen) atoms. The highest BCUT2D eigenvalue weighted by Crippen LogP contribution is 2.37. The predicted octanol–water partition coefficient (Wildman–Crippen LogP) is 4.62. The third-order valence-electron chi connectivity index (χ3n) is 3.79. The molecular weight excluding hydrogens is 356 g/mol. The van der Waals surface area contributed by atoms with E-state index < -0.39 is 4.92 Å². The van der Waals surface area contributed by atoms with Gasteiger partial charge in [0.2, 0.25) is 0 Å². The summed E-state index contributed by atoms with van der Waals surface area (Å²) in [6.45, 7) is 3.94. The molecule has 2 aromatic carbocycles. The minimum atomic E-state index is -0.455. The summed E-state index contributed by atoms with van der Waals surface area (Å²) in [6, 6.07) is 11.9. The number of hydrogen-bond acceptors (Lipinski definition) is 5. The highest BCUT2D eigenvalue weighted by Gasteiger charge is 2.34. The van der Waals surface area contributed by atoms with Gasteiger partial charge in [0.1, 0.15) is 0 Å². The van der Waals surface area contributed by atoms with Crippen LogP contribution in [0.25, 0.3) is 6.08 Å². The lowest BCUT2D eigenvalue weighted by molar-refractivity contribution is -0.384. The molecule has 0 spiro atoms. The number of rotatable bonds is 3. The molecule has 0 radical (unpaired) electrons. The summed E-state index contributed by atoms with van der Waals surface area (Å²) in [5, 5.41) is 10.7. The van der Waals surface area contributed by atoms with E-state index in [2.05, 4.69) is 0 Å². The van der Waals surface area contributed by atoms with Crippen LogP contribution in [-0.4, -0.2) is 15.2 Å². The molecule has 126 valence electrons. The molecule has 7 heteroatoms. The Balaban J connectivity index is 1.91. The van der Waals surface area contributed by atoms with Crippen LogP contribution in [0.4, 0.5) is 11.4 Å². The van der Waals surface area contributed by atoms with Gasteiger partial charge in [-0.05, 0) is 49.2 Å². The molecule has 1 fully saturated rings. The first-order valence-electron chi connectivity index (χ1n) is 7.46. The van der Waals surface area contributed by atoms with Crippen molar-refractivity contribution in [3.05, 3.63) is 74.2 Å². The van der Waals surface area contributed by atoms with E-state index in [1.54, 1.807) is 18.2 Å². The lowest BCUT2D eigenvalue weighted by Gasteiger charge is -2.17. The number of thiocarbonyl (C=S) groups is 1. The van der Waals surface area contributed by atoms with Gasteiger partial charge in [-0.25, -0.2) is 0 Å². The molecule has 0 aromatic heterocycles. The van der Waals surface area contributed by atoms with E-state index in [4.69, 9.17) is 12.2 Å². The Morgan fingerprint density at radius 3 is 2.44 bits per heavy atom. The summed E-state index contributed by atoms with van der Waals surface area (Å²) >= 11 is 6.61. The van der Waals surface area contributed by atoms with Crippen molar-refractivity contribution in [2.45, 2.75) is 13.8 Å². The number of benzene rings is 2. The van der Waals surface area contributed by atoms with Crippen molar-refractivity contribution in [3.63, 3.8) is 0 Å². The number of anilines is 1. The van der Waals surface area contributed by atoms with Crippen molar-refractivity contribution >= 4 is 51.7 Å². The van der Waals surface area contributed by atoms with E-state index in [1.807, 2.05) is 32.0 Å². The lowest BCUT2D eigenvalue weighted by atomic mass is 10.1. The molecular formula is C18H14N2O3S2. The summed E-state index contributed by atoms with van der Waals surface area (Å²) in [5.74, 6) is -0.180. The molecule has 1 aliphatic rings. The Morgan fingerprint density at radius 1 is 1.16 bits per heavy atom. The highest BCUT2D eigenvalue weighted by molar-refractivity contribution is 8.27. The second-order valence-electron chi connectivity index (χ2n) is 5.66. The average molecular weight is 370 g/mol. The van der Waals surface area contributed by atoms with Gasteiger partial charge in [-0.2, -0.15) is 0 Å². The molecule has 0 bridgehead atoms. The summed E-state index contributed by atoms with van der Waals surface area (Å²) in [5.41, 5.74) is 3.60. The zero-order chi connectivity index (χ0) is 18.1. The standard InChI is InChI=1S/C18H14N2O3S2/c1-11-3-8-15(12(2)9-11)19-17(21)16(25-18(19)24)10-13-4-6-14(7-5-13)20(22)23/h3-10H,1-2H3. The van der Waals surface area contributed by atoms with Crippen LogP contribution >= 0.6 is 24.0 Å². The minimum absolute atomic E-state index is 0.0139. The van der Waals surface area contributed by atoms with Crippen LogP contribution in [0, 0.1) is 24.0 Å². The van der Waals surface area contributed by atoms with Crippen molar-refractivity contribution in [2.75, 3.05) is 4.90 Å². The molecule has 0 aliphatic carbocycles. The molecule has 0 atom stereocenters. The van der Waals surface area contributed by atoms with Crippen molar-refractivity contribution in [1.29, 1.82) is 0 Å². The number of aryl methyl sites for hydroxylation is 2. The van der Waals surface area contributed by atoms with Crippen LogP contribution in [0.3, 0.4) is 0 Å². The Labute approximate surface area is 154 Å². The van der Waals surface area contributed by atoms with Gasteiger partial charge >= 0.3 is 0 Å². The normalized spacial score (nSPS) is 15.9. The van der Waals surface area contributed by atoms with Crippen LogP contribution in [0.1, 0.15) is 16.7 Å². The van der Waals surface area contributed by atoms with Gasteiger partial charge in [-0.1, -0.05) is 41.7 Å². The van der Waals surface area contributed by atoms with Crippen LogP contribution in [0.15, 0.2) is 47.4 Å². The van der Waals surface area contributed by atoms with Crippen molar-refractivity contribution in [3.8, 4) is 0 Å². The maximum Gasteiger partial charge on any atom is 0.270 e. The fraction of sp³-hybridized carbons (Fsp3) is 0.111. The van der Waals surface area contributed by atoms with E-state index >= 15 is 0 Å². The third-order valence-corrected chi connectivity index (χ3v) is 5.09. The van der Waals surface area contributed by atoms with Gasteiger partial charge < -0.3 is 0 Å². The maximum atomic E-state index is 12.8. The molecule has 2 aromatic rings. The van der Waals surface area contributed by atoms with Gasteiger partial charge in [-0.15, -0.1) is 0 Å². The minimum Gasteiger partial charge on any atom is -0.268 e. The number of nitro benzene ring substituents is 1. The van der Waals surface area contributed by atoms with E-state index in [0.29, 0.717) is 14.8 Å². The van der Waals surface area contributed by atoms with Crippen LogP contribution < -0.4 is 4.90 Å². The zero-order valence-electron chi connectivity index (χ0n) is 13.6. The SMILES string of the molecule is Cc1ccc(N2C(=O)C(=Cc3ccc([N+](=O)[O-])cc3)SC2=S)c(C)c1. The van der Waals surface area contributed by atoms with Gasteiger partial charge in [0.15, 0.2) is 4.32 Å². The van der Waals surface area contributed by atoms with Crippen LogP contribution in [-0.2, 0) is 4.79 Å². The molecule has 0 unspecified atom stereocenters. The average Bonchev–Trinajstić information content (AvgIpc) is 2.82. The highest BCUT2D eigenvalue weighted by atomic mass is 32.2. The summed E-state index contributed by atoms with van der Waals surface area (Å²) in [6.07, 6.45) is 1.70. The number of thioether (sulfide) groups is 1. The zero-order valence-corrected chi connectivity index (χ0v) is 15.2. The first-order valence-corrected chi connectivity index (χ1v) is 8.69. The molecule has 3 rings (SSSR count). The van der Waals surface area contributed by atoms with E-state index in [-0.39, 0.29) is 11.6 Å². The summed E-state index contributed by atoms with van der Waals surface area (Å²) in [7, 11) is 0. The van der Waals surface area contributed by atoms with Crippen molar-refractivity contribution in [1.82, 2.24) is 0 Å². The lowest BCUT2D eigenvalue weighted by Crippen LogP contribution is -2.28. The smallest absolute Gasteiger partial charge is 0.268 e. The van der Waals surface area contributed by atoms with Gasteiger partial charge in [0.05, 0.1) is 15.5 Å². The van der Waals surface area contributed by atoms with E-state index in [9.17, 15) is 14.9 Å². The number of amides is 1. The molecule has 1 aliphatic heterocycles. The molecule has 0 saturated carbocycles. The van der Waals surface area contributed by atoms with Crippen molar-refractivity contribution < 1.29 is 9.72 Å². The number of carbonyl (C=O) groups excluding carboxylic acids is 1. The van der Waals surface area contributed by atoms with E-state index in [1.165, 1.54) is 28.8 Å². The number of hydrogen-bond donors (Lipinski definition) is 0. The van der Waals surface area contributed by atoms with Gasteiger partial charge in [0.25, 0.3) is 11.6 Å². The second kappa shape index (κ2) is 6.78.